The maximum atomic E-state index is 9.70. The standard InChI is InChI=1S/C12H13ClN2OS/c1-8(12-14-5-6-17-12)15-7-9-10(13)3-2-4-11(9)16/h2-6,8,15-16H,7H2,1H3. The highest BCUT2D eigenvalue weighted by Gasteiger charge is 2.10. The van der Waals surface area contributed by atoms with Gasteiger partial charge in [-0.15, -0.1) is 11.3 Å². The molecule has 0 aliphatic rings. The quantitative estimate of drug-likeness (QED) is 0.894. The summed E-state index contributed by atoms with van der Waals surface area (Å²) in [4.78, 5) is 4.23. The number of aromatic hydroxyl groups is 1. The van der Waals surface area contributed by atoms with Crippen molar-refractivity contribution in [1.82, 2.24) is 10.3 Å². The number of benzene rings is 1. The third kappa shape index (κ3) is 2.97. The first-order valence-electron chi connectivity index (χ1n) is 5.27. The number of hydrogen-bond acceptors (Lipinski definition) is 4. The van der Waals surface area contributed by atoms with Crippen molar-refractivity contribution in [3.63, 3.8) is 0 Å². The van der Waals surface area contributed by atoms with Crippen molar-refractivity contribution >= 4 is 22.9 Å². The van der Waals surface area contributed by atoms with Crippen LogP contribution in [0.5, 0.6) is 5.75 Å². The van der Waals surface area contributed by atoms with E-state index in [2.05, 4.69) is 10.3 Å². The van der Waals surface area contributed by atoms with E-state index in [-0.39, 0.29) is 11.8 Å². The van der Waals surface area contributed by atoms with Crippen LogP contribution in [-0.4, -0.2) is 10.1 Å². The zero-order chi connectivity index (χ0) is 12.3. The molecule has 0 fully saturated rings. The molecule has 0 spiro atoms. The Morgan fingerprint density at radius 2 is 2.35 bits per heavy atom. The first-order valence-corrected chi connectivity index (χ1v) is 6.53. The summed E-state index contributed by atoms with van der Waals surface area (Å²) >= 11 is 7.63. The van der Waals surface area contributed by atoms with Crippen LogP contribution in [0.1, 0.15) is 23.5 Å². The summed E-state index contributed by atoms with van der Waals surface area (Å²) < 4.78 is 0. The molecule has 1 aromatic heterocycles. The second-order valence-corrected chi connectivity index (χ2v) is 5.04. The van der Waals surface area contributed by atoms with Crippen molar-refractivity contribution in [1.29, 1.82) is 0 Å². The Balaban J connectivity index is 2.03. The smallest absolute Gasteiger partial charge is 0.121 e. The normalized spacial score (nSPS) is 12.6. The summed E-state index contributed by atoms with van der Waals surface area (Å²) in [5, 5.41) is 16.5. The van der Waals surface area contributed by atoms with E-state index in [4.69, 9.17) is 11.6 Å². The second kappa shape index (κ2) is 5.49. The van der Waals surface area contributed by atoms with Crippen LogP contribution in [0.2, 0.25) is 5.02 Å². The maximum Gasteiger partial charge on any atom is 0.121 e. The third-order valence-electron chi connectivity index (χ3n) is 2.50. The van der Waals surface area contributed by atoms with Crippen LogP contribution in [0.25, 0.3) is 0 Å². The molecule has 0 amide bonds. The Hall–Kier alpha value is -1.10. The molecule has 5 heteroatoms. The van der Waals surface area contributed by atoms with Crippen LogP contribution in [0.4, 0.5) is 0 Å². The number of phenolic OH excluding ortho intramolecular Hbond substituents is 1. The molecule has 0 aliphatic heterocycles. The van der Waals surface area contributed by atoms with Gasteiger partial charge in [-0.2, -0.15) is 0 Å². The van der Waals surface area contributed by atoms with E-state index in [0.717, 1.165) is 10.6 Å². The molecule has 1 aromatic carbocycles. The number of thiazole rings is 1. The van der Waals surface area contributed by atoms with Gasteiger partial charge in [0.05, 0.1) is 6.04 Å². The topological polar surface area (TPSA) is 45.1 Å². The molecule has 1 heterocycles. The summed E-state index contributed by atoms with van der Waals surface area (Å²) in [6.45, 7) is 2.55. The minimum Gasteiger partial charge on any atom is -0.508 e. The molecule has 1 atom stereocenters. The summed E-state index contributed by atoms with van der Waals surface area (Å²) in [6, 6.07) is 5.28. The van der Waals surface area contributed by atoms with Crippen LogP contribution in [-0.2, 0) is 6.54 Å². The molecule has 3 nitrogen and oxygen atoms in total. The number of rotatable bonds is 4. The first-order chi connectivity index (χ1) is 8.18. The summed E-state index contributed by atoms with van der Waals surface area (Å²) in [5.41, 5.74) is 0.720. The highest BCUT2D eigenvalue weighted by atomic mass is 35.5. The number of nitrogens with one attached hydrogen (secondary N) is 1. The Morgan fingerprint density at radius 1 is 1.53 bits per heavy atom. The monoisotopic (exact) mass is 268 g/mol. The molecular formula is C12H13ClN2OS. The van der Waals surface area contributed by atoms with Gasteiger partial charge in [0.1, 0.15) is 10.8 Å². The molecule has 90 valence electrons. The van der Waals surface area contributed by atoms with E-state index in [1.165, 1.54) is 0 Å². The highest BCUT2D eigenvalue weighted by Crippen LogP contribution is 2.26. The first kappa shape index (κ1) is 12.4. The molecule has 2 N–H and O–H groups in total. The van der Waals surface area contributed by atoms with Crippen LogP contribution < -0.4 is 5.32 Å². The van der Waals surface area contributed by atoms with E-state index < -0.39 is 0 Å². The minimum absolute atomic E-state index is 0.144. The van der Waals surface area contributed by atoms with Gasteiger partial charge in [-0.05, 0) is 19.1 Å². The zero-order valence-corrected chi connectivity index (χ0v) is 10.9. The van der Waals surface area contributed by atoms with Gasteiger partial charge in [0.15, 0.2) is 0 Å². The number of hydrogen-bond donors (Lipinski definition) is 2. The summed E-state index contributed by atoms with van der Waals surface area (Å²) in [6.07, 6.45) is 1.78. The van der Waals surface area contributed by atoms with Gasteiger partial charge < -0.3 is 10.4 Å². The van der Waals surface area contributed by atoms with Gasteiger partial charge in [-0.1, -0.05) is 17.7 Å². The number of phenols is 1. The van der Waals surface area contributed by atoms with Gasteiger partial charge in [-0.3, -0.25) is 0 Å². The van der Waals surface area contributed by atoms with Crippen LogP contribution in [0.3, 0.4) is 0 Å². The van der Waals surface area contributed by atoms with Gasteiger partial charge in [0.2, 0.25) is 0 Å². The van der Waals surface area contributed by atoms with E-state index in [1.54, 1.807) is 35.7 Å². The van der Waals surface area contributed by atoms with Crippen molar-refractivity contribution in [3.8, 4) is 5.75 Å². The van der Waals surface area contributed by atoms with Crippen LogP contribution in [0, 0.1) is 0 Å². The third-order valence-corrected chi connectivity index (χ3v) is 3.81. The Labute approximate surface area is 109 Å². The lowest BCUT2D eigenvalue weighted by Crippen LogP contribution is -2.18. The molecular weight excluding hydrogens is 256 g/mol. The summed E-state index contributed by atoms with van der Waals surface area (Å²) in [5.74, 6) is 0.219. The molecule has 17 heavy (non-hydrogen) atoms. The number of nitrogens with zero attached hydrogens (tertiary/aromatic N) is 1. The molecule has 1 unspecified atom stereocenters. The van der Waals surface area contributed by atoms with Gasteiger partial charge >= 0.3 is 0 Å². The Morgan fingerprint density at radius 3 is 3.00 bits per heavy atom. The van der Waals surface area contributed by atoms with Crippen LogP contribution in [0.15, 0.2) is 29.8 Å². The van der Waals surface area contributed by atoms with Crippen LogP contribution >= 0.6 is 22.9 Å². The molecule has 0 saturated heterocycles. The Kier molecular flexibility index (Phi) is 3.99. The van der Waals surface area contributed by atoms with E-state index >= 15 is 0 Å². The van der Waals surface area contributed by atoms with Crippen molar-refractivity contribution < 1.29 is 5.11 Å². The van der Waals surface area contributed by atoms with E-state index in [0.29, 0.717) is 11.6 Å². The highest BCUT2D eigenvalue weighted by molar-refractivity contribution is 7.09. The van der Waals surface area contributed by atoms with Crippen molar-refractivity contribution in [2.24, 2.45) is 0 Å². The second-order valence-electron chi connectivity index (χ2n) is 3.71. The largest absolute Gasteiger partial charge is 0.508 e. The lowest BCUT2D eigenvalue weighted by molar-refractivity contribution is 0.460. The fourth-order valence-corrected chi connectivity index (χ4v) is 2.42. The van der Waals surface area contributed by atoms with Gasteiger partial charge in [-0.25, -0.2) is 4.98 Å². The van der Waals surface area contributed by atoms with Gasteiger partial charge in [0.25, 0.3) is 0 Å². The number of halogens is 1. The molecule has 0 aliphatic carbocycles. The Bertz CT molecular complexity index is 467. The van der Waals surface area contributed by atoms with Gasteiger partial charge in [0, 0.05) is 28.7 Å². The van der Waals surface area contributed by atoms with Crippen molar-refractivity contribution in [3.05, 3.63) is 45.4 Å². The van der Waals surface area contributed by atoms with E-state index in [9.17, 15) is 5.11 Å². The van der Waals surface area contributed by atoms with Crippen molar-refractivity contribution in [2.75, 3.05) is 0 Å². The molecule has 0 saturated carbocycles. The maximum absolute atomic E-state index is 9.70. The fourth-order valence-electron chi connectivity index (χ4n) is 1.51. The summed E-state index contributed by atoms with van der Waals surface area (Å²) in [7, 11) is 0. The zero-order valence-electron chi connectivity index (χ0n) is 9.35. The average Bonchev–Trinajstić information content (AvgIpc) is 2.81. The predicted molar refractivity (Wildman–Crippen MR) is 70.5 cm³/mol. The van der Waals surface area contributed by atoms with E-state index in [1.807, 2.05) is 12.3 Å². The molecule has 0 bridgehead atoms. The van der Waals surface area contributed by atoms with Crippen molar-refractivity contribution in [2.45, 2.75) is 19.5 Å². The molecule has 2 aromatic rings. The SMILES string of the molecule is CC(NCc1c(O)cccc1Cl)c1nccs1. The fraction of sp³-hybridized carbons (Fsp3) is 0.250. The lowest BCUT2D eigenvalue weighted by Gasteiger charge is -2.13. The lowest BCUT2D eigenvalue weighted by atomic mass is 10.2. The average molecular weight is 269 g/mol. The molecule has 0 radical (unpaired) electrons. The minimum atomic E-state index is 0.144. The predicted octanol–water partition coefficient (Wildman–Crippen LogP) is 3.35. The molecule has 2 rings (SSSR count). The number of aromatic nitrogens is 1.